The third-order valence-electron chi connectivity index (χ3n) is 5.24. The second-order valence-electron chi connectivity index (χ2n) is 7.13. The van der Waals surface area contributed by atoms with Crippen LogP contribution in [-0.4, -0.2) is 15.9 Å². The van der Waals surface area contributed by atoms with Gasteiger partial charge >= 0.3 is 5.97 Å². The van der Waals surface area contributed by atoms with Crippen molar-refractivity contribution in [3.8, 4) is 0 Å². The van der Waals surface area contributed by atoms with E-state index >= 15 is 0 Å². The van der Waals surface area contributed by atoms with Crippen LogP contribution in [0.5, 0.6) is 0 Å². The number of ether oxygens (including phenoxy) is 1. The predicted molar refractivity (Wildman–Crippen MR) is 108 cm³/mol. The fourth-order valence-corrected chi connectivity index (χ4v) is 4.15. The predicted octanol–water partition coefficient (Wildman–Crippen LogP) is 5.51. The molecule has 26 heavy (non-hydrogen) atoms. The highest BCUT2D eigenvalue weighted by Crippen LogP contribution is 2.44. The first-order valence-electron chi connectivity index (χ1n) is 9.17. The number of aromatic nitrogens is 1. The number of halogens is 1. The van der Waals surface area contributed by atoms with Gasteiger partial charge in [0.2, 0.25) is 0 Å². The largest absolute Gasteiger partial charge is 0.460 e. The Kier molecular flexibility index (Phi) is 6.02. The minimum absolute atomic E-state index is 0.108. The molecule has 0 spiro atoms. The Hall–Kier alpha value is -1.81. The molecule has 2 aromatic rings. The summed E-state index contributed by atoms with van der Waals surface area (Å²) in [6.45, 7) is 4.57. The highest BCUT2D eigenvalue weighted by molar-refractivity contribution is 9.09. The lowest BCUT2D eigenvalue weighted by atomic mass is 9.82. The number of alkyl halides is 1. The molecular formula is C22H26BrNO2. The number of carbonyl (C=O) groups is 1. The Labute approximate surface area is 164 Å². The van der Waals surface area contributed by atoms with Crippen LogP contribution >= 0.6 is 15.9 Å². The molecule has 4 heteroatoms. The van der Waals surface area contributed by atoms with Crippen LogP contribution < -0.4 is 0 Å². The molecule has 3 nitrogen and oxygen atoms in total. The fraction of sp³-hybridized carbons (Fsp3) is 0.409. The van der Waals surface area contributed by atoms with Gasteiger partial charge in [0.1, 0.15) is 6.61 Å². The lowest BCUT2D eigenvalue weighted by Crippen LogP contribution is -2.31. The van der Waals surface area contributed by atoms with Crippen molar-refractivity contribution in [1.82, 2.24) is 4.57 Å². The average Bonchev–Trinajstić information content (AvgIpc) is 3.22. The summed E-state index contributed by atoms with van der Waals surface area (Å²) in [5, 5.41) is 0.890. The van der Waals surface area contributed by atoms with E-state index in [1.165, 1.54) is 11.4 Å². The molecule has 0 saturated carbocycles. The van der Waals surface area contributed by atoms with Crippen LogP contribution in [0.3, 0.4) is 0 Å². The van der Waals surface area contributed by atoms with Crippen LogP contribution in [0.1, 0.15) is 42.3 Å². The van der Waals surface area contributed by atoms with Crippen LogP contribution in [-0.2, 0) is 16.1 Å². The standard InChI is InChI=1S/C22H26BrNO2/c1-17-9-10-18(2)24(17)20-11-13-22(15-20,12-6-14-23)21(25)26-16-19-7-4-3-5-8-19/h3-5,7-11,13,20H,6,12,14-16H2,1-2H3/t20-,22+/m1/s1. The topological polar surface area (TPSA) is 31.2 Å². The van der Waals surface area contributed by atoms with Gasteiger partial charge in [-0.05, 0) is 50.8 Å². The lowest BCUT2D eigenvalue weighted by molar-refractivity contribution is -0.155. The third kappa shape index (κ3) is 3.96. The van der Waals surface area contributed by atoms with Crippen LogP contribution in [0.25, 0.3) is 0 Å². The van der Waals surface area contributed by atoms with Gasteiger partial charge in [-0.15, -0.1) is 0 Å². The summed E-state index contributed by atoms with van der Waals surface area (Å²) in [6, 6.07) is 14.3. The summed E-state index contributed by atoms with van der Waals surface area (Å²) in [5.41, 5.74) is 2.94. The molecule has 1 aromatic carbocycles. The fourth-order valence-electron chi connectivity index (χ4n) is 3.87. The normalized spacial score (nSPS) is 21.9. The van der Waals surface area contributed by atoms with Crippen molar-refractivity contribution in [2.45, 2.75) is 45.8 Å². The molecular weight excluding hydrogens is 390 g/mol. The second kappa shape index (κ2) is 8.26. The Bertz CT molecular complexity index is 761. The monoisotopic (exact) mass is 415 g/mol. The molecule has 1 aliphatic rings. The van der Waals surface area contributed by atoms with Crippen molar-refractivity contribution in [2.75, 3.05) is 5.33 Å². The van der Waals surface area contributed by atoms with E-state index in [0.29, 0.717) is 6.61 Å². The zero-order chi connectivity index (χ0) is 18.6. The molecule has 138 valence electrons. The minimum atomic E-state index is -0.531. The van der Waals surface area contributed by atoms with Crippen molar-refractivity contribution in [2.24, 2.45) is 5.41 Å². The van der Waals surface area contributed by atoms with Gasteiger partial charge in [0, 0.05) is 16.7 Å². The summed E-state index contributed by atoms with van der Waals surface area (Å²) < 4.78 is 8.04. The molecule has 0 unspecified atom stereocenters. The van der Waals surface area contributed by atoms with Crippen molar-refractivity contribution in [3.63, 3.8) is 0 Å². The molecule has 0 saturated heterocycles. The lowest BCUT2D eigenvalue weighted by Gasteiger charge is -2.27. The van der Waals surface area contributed by atoms with Gasteiger partial charge in [0.25, 0.3) is 0 Å². The molecule has 0 fully saturated rings. The SMILES string of the molecule is Cc1ccc(C)n1[C@@H]1C=C[C@](CCCBr)(C(=O)OCc2ccccc2)C1. The van der Waals surface area contributed by atoms with E-state index in [9.17, 15) is 4.79 Å². The maximum Gasteiger partial charge on any atom is 0.316 e. The molecule has 0 N–H and O–H groups in total. The van der Waals surface area contributed by atoms with Gasteiger partial charge in [-0.2, -0.15) is 0 Å². The second-order valence-corrected chi connectivity index (χ2v) is 7.92. The van der Waals surface area contributed by atoms with E-state index in [1.54, 1.807) is 0 Å². The van der Waals surface area contributed by atoms with E-state index in [2.05, 4.69) is 58.6 Å². The van der Waals surface area contributed by atoms with Crippen LogP contribution in [0.15, 0.2) is 54.6 Å². The maximum atomic E-state index is 13.0. The van der Waals surface area contributed by atoms with Crippen molar-refractivity contribution in [3.05, 3.63) is 71.6 Å². The molecule has 1 heterocycles. The molecule has 0 radical (unpaired) electrons. The van der Waals surface area contributed by atoms with Crippen molar-refractivity contribution < 1.29 is 9.53 Å². The molecule has 0 amide bonds. The van der Waals surface area contributed by atoms with E-state index in [1.807, 2.05) is 30.3 Å². The van der Waals surface area contributed by atoms with Gasteiger partial charge in [-0.3, -0.25) is 4.79 Å². The van der Waals surface area contributed by atoms with E-state index in [0.717, 1.165) is 30.2 Å². The van der Waals surface area contributed by atoms with Gasteiger partial charge in [0.15, 0.2) is 0 Å². The van der Waals surface area contributed by atoms with Gasteiger partial charge in [-0.25, -0.2) is 0 Å². The summed E-state index contributed by atoms with van der Waals surface area (Å²) in [5.74, 6) is -0.108. The van der Waals surface area contributed by atoms with Crippen molar-refractivity contribution >= 4 is 21.9 Å². The van der Waals surface area contributed by atoms with Gasteiger partial charge < -0.3 is 9.30 Å². The highest BCUT2D eigenvalue weighted by Gasteiger charge is 2.43. The smallest absolute Gasteiger partial charge is 0.316 e. The first kappa shape index (κ1) is 19.0. The first-order valence-corrected chi connectivity index (χ1v) is 10.3. The minimum Gasteiger partial charge on any atom is -0.460 e. The summed E-state index contributed by atoms with van der Waals surface area (Å²) in [6.07, 6.45) is 6.79. The number of nitrogens with zero attached hydrogens (tertiary/aromatic N) is 1. The Morgan fingerprint density at radius 1 is 1.19 bits per heavy atom. The number of benzene rings is 1. The van der Waals surface area contributed by atoms with Crippen molar-refractivity contribution in [1.29, 1.82) is 0 Å². The number of hydrogen-bond acceptors (Lipinski definition) is 2. The summed E-state index contributed by atoms with van der Waals surface area (Å²) >= 11 is 3.50. The molecule has 1 aliphatic carbocycles. The molecule has 0 aliphatic heterocycles. The number of esters is 1. The highest BCUT2D eigenvalue weighted by atomic mass is 79.9. The molecule has 2 atom stereocenters. The summed E-state index contributed by atoms with van der Waals surface area (Å²) in [4.78, 5) is 13.0. The van der Waals surface area contributed by atoms with Gasteiger partial charge in [-0.1, -0.05) is 58.4 Å². The summed E-state index contributed by atoms with van der Waals surface area (Å²) in [7, 11) is 0. The van der Waals surface area contributed by atoms with Gasteiger partial charge in [0.05, 0.1) is 11.5 Å². The van der Waals surface area contributed by atoms with Crippen LogP contribution in [0.2, 0.25) is 0 Å². The number of hydrogen-bond donors (Lipinski definition) is 0. The van der Waals surface area contributed by atoms with E-state index < -0.39 is 5.41 Å². The van der Waals surface area contributed by atoms with Crippen LogP contribution in [0, 0.1) is 19.3 Å². The average molecular weight is 416 g/mol. The van der Waals surface area contributed by atoms with Crippen LogP contribution in [0.4, 0.5) is 0 Å². The Morgan fingerprint density at radius 3 is 2.54 bits per heavy atom. The third-order valence-corrected chi connectivity index (χ3v) is 5.80. The Balaban J connectivity index is 1.75. The Morgan fingerprint density at radius 2 is 1.88 bits per heavy atom. The number of rotatable bonds is 7. The molecule has 1 aromatic heterocycles. The first-order chi connectivity index (χ1) is 12.6. The maximum absolute atomic E-state index is 13.0. The molecule has 3 rings (SSSR count). The quantitative estimate of drug-likeness (QED) is 0.339. The zero-order valence-corrected chi connectivity index (χ0v) is 17.0. The zero-order valence-electron chi connectivity index (χ0n) is 15.5. The van der Waals surface area contributed by atoms with E-state index in [4.69, 9.17) is 4.74 Å². The molecule has 0 bridgehead atoms. The number of allylic oxidation sites excluding steroid dienone is 1. The number of aryl methyl sites for hydroxylation is 2. The number of carbonyl (C=O) groups excluding carboxylic acids is 1. The van der Waals surface area contributed by atoms with E-state index in [-0.39, 0.29) is 12.0 Å².